The maximum Gasteiger partial charge on any atom is 0.251 e. The van der Waals surface area contributed by atoms with Gasteiger partial charge in [-0.2, -0.15) is 0 Å². The SMILES string of the molecule is CC(N)CC(C)NC(=O)c1ccc(C(C)(C)C)cc1. The van der Waals surface area contributed by atoms with E-state index < -0.39 is 0 Å². The number of carbonyl (C=O) groups is 1. The van der Waals surface area contributed by atoms with E-state index in [-0.39, 0.29) is 23.4 Å². The van der Waals surface area contributed by atoms with Gasteiger partial charge in [-0.25, -0.2) is 0 Å². The van der Waals surface area contributed by atoms with Crippen LogP contribution in [0.15, 0.2) is 24.3 Å². The van der Waals surface area contributed by atoms with Crippen molar-refractivity contribution in [1.82, 2.24) is 5.32 Å². The highest BCUT2D eigenvalue weighted by atomic mass is 16.1. The lowest BCUT2D eigenvalue weighted by atomic mass is 9.86. The van der Waals surface area contributed by atoms with E-state index in [1.807, 2.05) is 38.1 Å². The molecule has 3 nitrogen and oxygen atoms in total. The third-order valence-corrected chi connectivity index (χ3v) is 3.12. The van der Waals surface area contributed by atoms with Crippen LogP contribution in [0.5, 0.6) is 0 Å². The zero-order chi connectivity index (χ0) is 14.6. The molecule has 0 fully saturated rings. The highest BCUT2D eigenvalue weighted by molar-refractivity contribution is 5.94. The zero-order valence-corrected chi connectivity index (χ0v) is 12.7. The van der Waals surface area contributed by atoms with E-state index in [1.165, 1.54) is 5.56 Å². The molecule has 0 aromatic heterocycles. The molecular formula is C16H26N2O. The molecule has 1 aromatic carbocycles. The Labute approximate surface area is 116 Å². The maximum atomic E-state index is 12.0. The van der Waals surface area contributed by atoms with E-state index in [2.05, 4.69) is 26.1 Å². The first-order valence-electron chi connectivity index (χ1n) is 6.87. The van der Waals surface area contributed by atoms with E-state index >= 15 is 0 Å². The molecule has 0 saturated carbocycles. The van der Waals surface area contributed by atoms with Crippen molar-refractivity contribution in [3.8, 4) is 0 Å². The standard InChI is InChI=1S/C16H26N2O/c1-11(17)10-12(2)18-15(19)13-6-8-14(9-7-13)16(3,4)5/h6-9,11-12H,10,17H2,1-5H3,(H,18,19). The van der Waals surface area contributed by atoms with Crippen LogP contribution in [0.1, 0.15) is 57.0 Å². The van der Waals surface area contributed by atoms with Crippen LogP contribution in [-0.2, 0) is 5.41 Å². The number of nitrogens with two attached hydrogens (primary N) is 1. The van der Waals surface area contributed by atoms with Crippen molar-refractivity contribution in [1.29, 1.82) is 0 Å². The minimum atomic E-state index is -0.0337. The van der Waals surface area contributed by atoms with Crippen molar-refractivity contribution in [2.75, 3.05) is 0 Å². The van der Waals surface area contributed by atoms with Crippen LogP contribution in [0.4, 0.5) is 0 Å². The van der Waals surface area contributed by atoms with E-state index in [9.17, 15) is 4.79 Å². The molecule has 106 valence electrons. The van der Waals surface area contributed by atoms with Crippen molar-refractivity contribution in [2.24, 2.45) is 5.73 Å². The molecule has 3 N–H and O–H groups in total. The number of hydrogen-bond acceptors (Lipinski definition) is 2. The van der Waals surface area contributed by atoms with Gasteiger partial charge in [0.15, 0.2) is 0 Å². The average molecular weight is 262 g/mol. The fraction of sp³-hybridized carbons (Fsp3) is 0.562. The summed E-state index contributed by atoms with van der Waals surface area (Å²) in [4.78, 5) is 12.0. The fourth-order valence-electron chi connectivity index (χ4n) is 2.05. The van der Waals surface area contributed by atoms with Gasteiger partial charge in [0.25, 0.3) is 5.91 Å². The van der Waals surface area contributed by atoms with Crippen molar-refractivity contribution in [3.63, 3.8) is 0 Å². The summed E-state index contributed by atoms with van der Waals surface area (Å²) in [6.07, 6.45) is 0.784. The molecule has 19 heavy (non-hydrogen) atoms. The van der Waals surface area contributed by atoms with E-state index in [0.717, 1.165) is 6.42 Å². The summed E-state index contributed by atoms with van der Waals surface area (Å²) >= 11 is 0. The van der Waals surface area contributed by atoms with E-state index in [0.29, 0.717) is 5.56 Å². The Balaban J connectivity index is 2.68. The van der Waals surface area contributed by atoms with Gasteiger partial charge in [-0.3, -0.25) is 4.79 Å². The van der Waals surface area contributed by atoms with Crippen LogP contribution >= 0.6 is 0 Å². The Bertz CT molecular complexity index is 415. The average Bonchev–Trinajstić information content (AvgIpc) is 2.26. The number of rotatable bonds is 4. The van der Waals surface area contributed by atoms with Crippen molar-refractivity contribution in [3.05, 3.63) is 35.4 Å². The summed E-state index contributed by atoms with van der Waals surface area (Å²) in [6.45, 7) is 10.4. The predicted octanol–water partition coefficient (Wildman–Crippen LogP) is 2.84. The van der Waals surface area contributed by atoms with Gasteiger partial charge >= 0.3 is 0 Å². The lowest BCUT2D eigenvalue weighted by Crippen LogP contribution is -2.36. The number of nitrogens with one attached hydrogen (secondary N) is 1. The monoisotopic (exact) mass is 262 g/mol. The summed E-state index contributed by atoms with van der Waals surface area (Å²) in [6, 6.07) is 7.99. The van der Waals surface area contributed by atoms with Crippen LogP contribution in [0.3, 0.4) is 0 Å². The smallest absolute Gasteiger partial charge is 0.251 e. The largest absolute Gasteiger partial charge is 0.350 e. The molecule has 0 radical (unpaired) electrons. The quantitative estimate of drug-likeness (QED) is 0.876. The summed E-state index contributed by atoms with van der Waals surface area (Å²) in [5.74, 6) is -0.0337. The highest BCUT2D eigenvalue weighted by Crippen LogP contribution is 2.22. The normalized spacial score (nSPS) is 14.8. The molecule has 0 aliphatic heterocycles. The van der Waals surface area contributed by atoms with Gasteiger partial charge in [0, 0.05) is 17.6 Å². The number of hydrogen-bond donors (Lipinski definition) is 2. The molecule has 1 amide bonds. The van der Waals surface area contributed by atoms with Gasteiger partial charge in [0.2, 0.25) is 0 Å². The van der Waals surface area contributed by atoms with E-state index in [4.69, 9.17) is 5.73 Å². The maximum absolute atomic E-state index is 12.0. The lowest BCUT2D eigenvalue weighted by molar-refractivity contribution is 0.0937. The number of carbonyl (C=O) groups excluding carboxylic acids is 1. The third kappa shape index (κ3) is 5.03. The molecule has 0 spiro atoms. The Hall–Kier alpha value is -1.35. The second kappa shape index (κ2) is 6.20. The van der Waals surface area contributed by atoms with Gasteiger partial charge in [-0.05, 0) is 43.4 Å². The molecule has 2 unspecified atom stereocenters. The van der Waals surface area contributed by atoms with Gasteiger partial charge in [-0.15, -0.1) is 0 Å². The molecule has 1 aromatic rings. The van der Waals surface area contributed by atoms with Crippen molar-refractivity contribution in [2.45, 2.75) is 58.5 Å². The number of benzene rings is 1. The van der Waals surface area contributed by atoms with E-state index in [1.54, 1.807) is 0 Å². The molecule has 0 aliphatic carbocycles. The first-order valence-corrected chi connectivity index (χ1v) is 6.87. The molecule has 0 aliphatic rings. The molecule has 3 heteroatoms. The summed E-state index contributed by atoms with van der Waals surface area (Å²) in [5, 5.41) is 2.97. The second-order valence-electron chi connectivity index (χ2n) is 6.41. The van der Waals surface area contributed by atoms with Crippen LogP contribution in [-0.4, -0.2) is 18.0 Å². The minimum absolute atomic E-state index is 0.0337. The molecule has 0 saturated heterocycles. The van der Waals surface area contributed by atoms with Crippen LogP contribution in [0, 0.1) is 0 Å². The Morgan fingerprint density at radius 1 is 1.21 bits per heavy atom. The molecule has 0 heterocycles. The van der Waals surface area contributed by atoms with Gasteiger partial charge in [-0.1, -0.05) is 32.9 Å². The van der Waals surface area contributed by atoms with Gasteiger partial charge in [0.1, 0.15) is 0 Å². The minimum Gasteiger partial charge on any atom is -0.350 e. The predicted molar refractivity (Wildman–Crippen MR) is 80.3 cm³/mol. The summed E-state index contributed by atoms with van der Waals surface area (Å²) in [5.41, 5.74) is 7.76. The summed E-state index contributed by atoms with van der Waals surface area (Å²) < 4.78 is 0. The lowest BCUT2D eigenvalue weighted by Gasteiger charge is -2.19. The molecule has 1 rings (SSSR count). The van der Waals surface area contributed by atoms with Crippen molar-refractivity contribution < 1.29 is 4.79 Å². The Kier molecular flexibility index (Phi) is 5.12. The third-order valence-electron chi connectivity index (χ3n) is 3.12. The zero-order valence-electron chi connectivity index (χ0n) is 12.7. The molecular weight excluding hydrogens is 236 g/mol. The van der Waals surface area contributed by atoms with Gasteiger partial charge < -0.3 is 11.1 Å². The first kappa shape index (κ1) is 15.7. The molecule has 2 atom stereocenters. The fourth-order valence-corrected chi connectivity index (χ4v) is 2.05. The highest BCUT2D eigenvalue weighted by Gasteiger charge is 2.15. The van der Waals surface area contributed by atoms with Gasteiger partial charge in [0.05, 0.1) is 0 Å². The second-order valence-corrected chi connectivity index (χ2v) is 6.41. The van der Waals surface area contributed by atoms with Crippen LogP contribution < -0.4 is 11.1 Å². The van der Waals surface area contributed by atoms with Crippen LogP contribution in [0.25, 0.3) is 0 Å². The Morgan fingerprint density at radius 2 is 1.74 bits per heavy atom. The van der Waals surface area contributed by atoms with Crippen molar-refractivity contribution >= 4 is 5.91 Å². The number of amides is 1. The topological polar surface area (TPSA) is 55.1 Å². The first-order chi connectivity index (χ1) is 8.70. The Morgan fingerprint density at radius 3 is 2.16 bits per heavy atom. The molecule has 0 bridgehead atoms. The van der Waals surface area contributed by atoms with Crippen LogP contribution in [0.2, 0.25) is 0 Å². The summed E-state index contributed by atoms with van der Waals surface area (Å²) in [7, 11) is 0.